The highest BCUT2D eigenvalue weighted by Gasteiger charge is 2.44. The number of nitrogens with zero attached hydrogens (tertiary/aromatic N) is 1. The van der Waals surface area contributed by atoms with Crippen molar-refractivity contribution < 1.29 is 9.53 Å². The molecule has 0 aromatic carbocycles. The van der Waals surface area contributed by atoms with Crippen LogP contribution in [0.5, 0.6) is 0 Å². The number of carbonyl (C=O) groups excluding carboxylic acids is 1. The molecule has 1 N–H and O–H groups in total. The van der Waals surface area contributed by atoms with Crippen LogP contribution in [0, 0.1) is 0 Å². The molecule has 1 unspecified atom stereocenters. The lowest BCUT2D eigenvalue weighted by Crippen LogP contribution is -2.49. The van der Waals surface area contributed by atoms with E-state index >= 15 is 0 Å². The van der Waals surface area contributed by atoms with Crippen LogP contribution in [-0.4, -0.2) is 41.8 Å². The number of hydrogen-bond donors (Lipinski definition) is 1. The molecule has 0 aromatic rings. The predicted octanol–water partition coefficient (Wildman–Crippen LogP) is 2.53. The molecular formula is C14H26N2O2. The third kappa shape index (κ3) is 2.97. The van der Waals surface area contributed by atoms with E-state index in [1.54, 1.807) is 0 Å². The molecule has 104 valence electrons. The summed E-state index contributed by atoms with van der Waals surface area (Å²) in [6.45, 7) is 8.74. The highest BCUT2D eigenvalue weighted by molar-refractivity contribution is 5.69. The molecule has 1 atom stereocenters. The van der Waals surface area contributed by atoms with Gasteiger partial charge >= 0.3 is 6.09 Å². The van der Waals surface area contributed by atoms with Crippen molar-refractivity contribution in [2.24, 2.45) is 0 Å². The summed E-state index contributed by atoms with van der Waals surface area (Å²) in [6, 6.07) is 0. The molecule has 2 saturated heterocycles. The van der Waals surface area contributed by atoms with Crippen molar-refractivity contribution in [1.29, 1.82) is 0 Å². The van der Waals surface area contributed by atoms with Gasteiger partial charge in [0.2, 0.25) is 0 Å². The molecule has 2 rings (SSSR count). The standard InChI is InChI=1S/C14H26N2O2/c1-13(2,3)18-12(17)16-11-5-7-14(16)6-4-9-15-10-8-14/h15H,4-11H2,1-3H3. The van der Waals surface area contributed by atoms with E-state index in [2.05, 4.69) is 5.32 Å². The van der Waals surface area contributed by atoms with Crippen LogP contribution in [0.1, 0.15) is 52.9 Å². The van der Waals surface area contributed by atoms with Crippen molar-refractivity contribution in [2.45, 2.75) is 64.0 Å². The topological polar surface area (TPSA) is 41.6 Å². The minimum absolute atomic E-state index is 0.0613. The van der Waals surface area contributed by atoms with Crippen LogP contribution in [0.3, 0.4) is 0 Å². The van der Waals surface area contributed by atoms with Crippen molar-refractivity contribution in [3.8, 4) is 0 Å². The molecule has 2 fully saturated rings. The molecule has 0 radical (unpaired) electrons. The van der Waals surface area contributed by atoms with Crippen LogP contribution in [0.2, 0.25) is 0 Å². The van der Waals surface area contributed by atoms with Gasteiger partial charge in [0.15, 0.2) is 0 Å². The molecule has 0 aliphatic carbocycles. The Kier molecular flexibility index (Phi) is 3.85. The Morgan fingerprint density at radius 1 is 1.17 bits per heavy atom. The smallest absolute Gasteiger partial charge is 0.410 e. The van der Waals surface area contributed by atoms with Gasteiger partial charge in [0.05, 0.1) is 0 Å². The number of likely N-dealkylation sites (tertiary alicyclic amines) is 1. The zero-order valence-electron chi connectivity index (χ0n) is 11.9. The molecular weight excluding hydrogens is 228 g/mol. The fourth-order valence-electron chi connectivity index (χ4n) is 3.17. The Morgan fingerprint density at radius 2 is 1.89 bits per heavy atom. The van der Waals surface area contributed by atoms with E-state index in [1.807, 2.05) is 25.7 Å². The van der Waals surface area contributed by atoms with Gasteiger partial charge in [-0.3, -0.25) is 0 Å². The Bertz CT molecular complexity index is 301. The molecule has 18 heavy (non-hydrogen) atoms. The van der Waals surface area contributed by atoms with Gasteiger partial charge in [-0.25, -0.2) is 4.79 Å². The summed E-state index contributed by atoms with van der Waals surface area (Å²) in [4.78, 5) is 14.3. The first-order chi connectivity index (χ1) is 8.43. The average Bonchev–Trinajstić information content (AvgIpc) is 2.49. The van der Waals surface area contributed by atoms with Gasteiger partial charge in [-0.2, -0.15) is 0 Å². The van der Waals surface area contributed by atoms with Crippen molar-refractivity contribution in [3.63, 3.8) is 0 Å². The largest absolute Gasteiger partial charge is 0.444 e. The monoisotopic (exact) mass is 254 g/mol. The van der Waals surface area contributed by atoms with Crippen molar-refractivity contribution >= 4 is 6.09 Å². The van der Waals surface area contributed by atoms with Crippen LogP contribution in [0.15, 0.2) is 0 Å². The third-order valence-corrected chi connectivity index (χ3v) is 3.97. The normalized spacial score (nSPS) is 29.4. The fourth-order valence-corrected chi connectivity index (χ4v) is 3.17. The maximum Gasteiger partial charge on any atom is 0.410 e. The van der Waals surface area contributed by atoms with Crippen molar-refractivity contribution in [3.05, 3.63) is 0 Å². The summed E-state index contributed by atoms with van der Waals surface area (Å²) < 4.78 is 5.56. The zero-order valence-corrected chi connectivity index (χ0v) is 11.9. The minimum atomic E-state index is -0.399. The predicted molar refractivity (Wildman–Crippen MR) is 71.6 cm³/mol. The Balaban J connectivity index is 2.08. The first-order valence-corrected chi connectivity index (χ1v) is 7.14. The maximum atomic E-state index is 12.3. The lowest BCUT2D eigenvalue weighted by Gasteiger charge is -2.38. The van der Waals surface area contributed by atoms with Crippen LogP contribution in [0.25, 0.3) is 0 Å². The van der Waals surface area contributed by atoms with E-state index in [0.29, 0.717) is 0 Å². The average molecular weight is 254 g/mol. The summed E-state index contributed by atoms with van der Waals surface area (Å²) >= 11 is 0. The Morgan fingerprint density at radius 3 is 2.61 bits per heavy atom. The molecule has 0 saturated carbocycles. The summed E-state index contributed by atoms with van der Waals surface area (Å²) in [6.07, 6.45) is 5.44. The SMILES string of the molecule is CC(C)(C)OC(=O)N1CCCC12CCCNCC2. The maximum absolute atomic E-state index is 12.3. The van der Waals surface area contributed by atoms with Crippen LogP contribution >= 0.6 is 0 Å². The number of nitrogens with one attached hydrogen (secondary N) is 1. The number of amides is 1. The Hall–Kier alpha value is -0.770. The number of rotatable bonds is 0. The van der Waals surface area contributed by atoms with Crippen molar-refractivity contribution in [2.75, 3.05) is 19.6 Å². The van der Waals surface area contributed by atoms with Gasteiger partial charge in [0.1, 0.15) is 5.60 Å². The summed E-state index contributed by atoms with van der Waals surface area (Å²) in [5, 5.41) is 3.43. The third-order valence-electron chi connectivity index (χ3n) is 3.97. The van der Waals surface area contributed by atoms with Gasteiger partial charge < -0.3 is 15.0 Å². The molecule has 2 aliphatic rings. The van der Waals surface area contributed by atoms with Gasteiger partial charge in [0, 0.05) is 12.1 Å². The molecule has 2 aliphatic heterocycles. The highest BCUT2D eigenvalue weighted by atomic mass is 16.6. The van der Waals surface area contributed by atoms with E-state index in [4.69, 9.17) is 4.74 Å². The van der Waals surface area contributed by atoms with Gasteiger partial charge in [-0.05, 0) is 66.0 Å². The molecule has 2 heterocycles. The lowest BCUT2D eigenvalue weighted by atomic mass is 9.88. The molecule has 1 amide bonds. The van der Waals surface area contributed by atoms with E-state index in [1.165, 1.54) is 0 Å². The highest BCUT2D eigenvalue weighted by Crippen LogP contribution is 2.38. The molecule has 0 bridgehead atoms. The summed E-state index contributed by atoms with van der Waals surface area (Å²) in [5.41, 5.74) is -0.338. The second kappa shape index (κ2) is 5.08. The molecule has 4 nitrogen and oxygen atoms in total. The number of carbonyl (C=O) groups is 1. The summed E-state index contributed by atoms with van der Waals surface area (Å²) in [7, 11) is 0. The van der Waals surface area contributed by atoms with E-state index in [0.717, 1.165) is 51.7 Å². The molecule has 4 heteroatoms. The fraction of sp³-hybridized carbons (Fsp3) is 0.929. The first kappa shape index (κ1) is 13.7. The van der Waals surface area contributed by atoms with E-state index in [9.17, 15) is 4.79 Å². The van der Waals surface area contributed by atoms with Crippen molar-refractivity contribution in [1.82, 2.24) is 10.2 Å². The van der Waals surface area contributed by atoms with Gasteiger partial charge in [-0.15, -0.1) is 0 Å². The number of hydrogen-bond acceptors (Lipinski definition) is 3. The second-order valence-corrected chi connectivity index (χ2v) is 6.56. The molecule has 0 aromatic heterocycles. The molecule has 1 spiro atoms. The van der Waals surface area contributed by atoms with Crippen LogP contribution < -0.4 is 5.32 Å². The second-order valence-electron chi connectivity index (χ2n) is 6.56. The zero-order chi connectivity index (χ0) is 13.2. The Labute approximate surface area is 110 Å². The van der Waals surface area contributed by atoms with Gasteiger partial charge in [-0.1, -0.05) is 0 Å². The summed E-state index contributed by atoms with van der Waals surface area (Å²) in [5.74, 6) is 0. The first-order valence-electron chi connectivity index (χ1n) is 7.14. The van der Waals surface area contributed by atoms with Crippen LogP contribution in [-0.2, 0) is 4.74 Å². The van der Waals surface area contributed by atoms with Gasteiger partial charge in [0.25, 0.3) is 0 Å². The van der Waals surface area contributed by atoms with E-state index < -0.39 is 5.60 Å². The van der Waals surface area contributed by atoms with Crippen LogP contribution in [0.4, 0.5) is 4.79 Å². The minimum Gasteiger partial charge on any atom is -0.444 e. The number of ether oxygens (including phenoxy) is 1. The van der Waals surface area contributed by atoms with E-state index in [-0.39, 0.29) is 11.6 Å². The lowest BCUT2D eigenvalue weighted by molar-refractivity contribution is 0.00552. The quantitative estimate of drug-likeness (QED) is 0.722.